The zero-order valence-electron chi connectivity index (χ0n) is 25.7. The molecule has 244 valence electrons. The van der Waals surface area contributed by atoms with Gasteiger partial charge in [-0.25, -0.2) is 4.90 Å². The fraction of sp³-hybridized carbons (Fsp3) is 0.294. The summed E-state index contributed by atoms with van der Waals surface area (Å²) in [7, 11) is 0. The van der Waals surface area contributed by atoms with E-state index in [1.54, 1.807) is 12.1 Å². The summed E-state index contributed by atoms with van der Waals surface area (Å²) in [6.07, 6.45) is -4.69. The molecule has 3 heterocycles. The molecule has 0 saturated carbocycles. The Morgan fingerprint density at radius 1 is 0.915 bits per heavy atom. The van der Waals surface area contributed by atoms with Crippen LogP contribution >= 0.6 is 23.1 Å². The number of hydrogen-bond donors (Lipinski definition) is 1. The SMILES string of the molecule is CCN(CC)c1ccc(C2c3sc(=O)n(CC(=O)Nc4ccccc4C(F)(F)F)c3SC3C(=O)N(c4ccc(C)cc4)C(=O)C32)cc1. The first-order chi connectivity index (χ1) is 22.4. The number of carbonyl (C=O) groups excluding carboxylic acids is 3. The summed E-state index contributed by atoms with van der Waals surface area (Å²) < 4.78 is 41.9. The third-order valence-corrected chi connectivity index (χ3v) is 11.1. The van der Waals surface area contributed by atoms with Crippen molar-refractivity contribution in [3.05, 3.63) is 104 Å². The van der Waals surface area contributed by atoms with Crippen LogP contribution < -0.4 is 20.0 Å². The molecule has 6 rings (SSSR count). The van der Waals surface area contributed by atoms with Gasteiger partial charge in [0.25, 0.3) is 0 Å². The quantitative estimate of drug-likeness (QED) is 0.213. The van der Waals surface area contributed by atoms with Gasteiger partial charge < -0.3 is 10.2 Å². The van der Waals surface area contributed by atoms with Crippen molar-refractivity contribution in [2.24, 2.45) is 5.92 Å². The van der Waals surface area contributed by atoms with Crippen molar-refractivity contribution in [2.75, 3.05) is 28.2 Å². The molecule has 13 heteroatoms. The monoisotopic (exact) mass is 680 g/mol. The molecule has 3 aromatic carbocycles. The number of imide groups is 1. The van der Waals surface area contributed by atoms with E-state index in [4.69, 9.17) is 0 Å². The standard InChI is InChI=1S/C34H31F3N4O4S2/c1-4-39(5-2)21-16-12-20(13-17-21)26-27-28(31(44)41(30(27)43)22-14-10-19(3)11-15-22)46-32-29(26)47-33(45)40(32)18-25(42)38-24-9-7-6-8-23(24)34(35,36)37/h6-17,26-28H,4-5,18H2,1-3H3,(H,38,42). The smallest absolute Gasteiger partial charge is 0.372 e. The molecule has 0 bridgehead atoms. The summed E-state index contributed by atoms with van der Waals surface area (Å²) in [4.78, 5) is 58.1. The lowest BCUT2D eigenvalue weighted by atomic mass is 9.83. The zero-order chi connectivity index (χ0) is 33.6. The number of aromatic nitrogens is 1. The fourth-order valence-corrected chi connectivity index (χ4v) is 8.99. The third kappa shape index (κ3) is 5.98. The molecule has 8 nitrogen and oxygen atoms in total. The maximum atomic E-state index is 14.1. The van der Waals surface area contributed by atoms with Gasteiger partial charge in [0.15, 0.2) is 0 Å². The molecule has 0 spiro atoms. The predicted molar refractivity (Wildman–Crippen MR) is 177 cm³/mol. The molecule has 3 unspecified atom stereocenters. The third-order valence-electron chi connectivity index (χ3n) is 8.53. The summed E-state index contributed by atoms with van der Waals surface area (Å²) in [5, 5.41) is 1.76. The molecular weight excluding hydrogens is 650 g/mol. The Morgan fingerprint density at radius 3 is 2.21 bits per heavy atom. The number of carbonyl (C=O) groups is 3. The highest BCUT2D eigenvalue weighted by atomic mass is 32.2. The molecule has 3 atom stereocenters. The van der Waals surface area contributed by atoms with Gasteiger partial charge in [0, 0.05) is 29.6 Å². The minimum atomic E-state index is -4.69. The summed E-state index contributed by atoms with van der Waals surface area (Å²) in [6.45, 7) is 7.02. The van der Waals surface area contributed by atoms with Crippen LogP contribution in [0.4, 0.5) is 30.2 Å². The molecule has 1 N–H and O–H groups in total. The van der Waals surface area contributed by atoms with E-state index in [0.717, 1.165) is 65.1 Å². The molecule has 4 aromatic rings. The molecular formula is C34H31F3N4O4S2. The van der Waals surface area contributed by atoms with Gasteiger partial charge in [-0.1, -0.05) is 65.1 Å². The number of fused-ring (bicyclic) bond motifs is 2. The number of rotatable bonds is 8. The number of nitrogens with one attached hydrogen (secondary N) is 1. The van der Waals surface area contributed by atoms with E-state index < -0.39 is 57.7 Å². The van der Waals surface area contributed by atoms with Crippen LogP contribution in [-0.2, 0) is 27.1 Å². The maximum Gasteiger partial charge on any atom is 0.418 e. The predicted octanol–water partition coefficient (Wildman–Crippen LogP) is 6.52. The number of alkyl halides is 3. The Balaban J connectivity index is 1.40. The van der Waals surface area contributed by atoms with Crippen LogP contribution in [0.25, 0.3) is 0 Å². The van der Waals surface area contributed by atoms with Crippen LogP contribution in [0.1, 0.15) is 41.3 Å². The molecule has 1 fully saturated rings. The highest BCUT2D eigenvalue weighted by Crippen LogP contribution is 2.54. The Bertz CT molecular complexity index is 1900. The van der Waals surface area contributed by atoms with Crippen molar-refractivity contribution in [1.82, 2.24) is 4.57 Å². The van der Waals surface area contributed by atoms with Gasteiger partial charge in [0.05, 0.1) is 27.9 Å². The highest BCUT2D eigenvalue weighted by Gasteiger charge is 2.56. The van der Waals surface area contributed by atoms with Gasteiger partial charge in [-0.15, -0.1) is 0 Å². The first kappa shape index (κ1) is 32.6. The van der Waals surface area contributed by atoms with Crippen LogP contribution in [0.5, 0.6) is 0 Å². The Kier molecular flexibility index (Phi) is 8.79. The first-order valence-electron chi connectivity index (χ1n) is 15.1. The molecule has 2 aliphatic rings. The summed E-state index contributed by atoms with van der Waals surface area (Å²) in [5.74, 6) is -3.13. The van der Waals surface area contributed by atoms with E-state index in [1.165, 1.54) is 21.6 Å². The Hall–Kier alpha value is -4.36. The average Bonchev–Trinajstić information content (AvgIpc) is 3.48. The number of halogens is 3. The Labute approximate surface area is 277 Å². The normalized spacial score (nSPS) is 19.0. The molecule has 0 aliphatic carbocycles. The number of amides is 3. The second kappa shape index (κ2) is 12.7. The number of nitrogens with zero attached hydrogens (tertiary/aromatic N) is 3. The summed E-state index contributed by atoms with van der Waals surface area (Å²) in [6, 6.07) is 19.4. The minimum absolute atomic E-state index is 0.352. The van der Waals surface area contributed by atoms with E-state index >= 15 is 0 Å². The van der Waals surface area contributed by atoms with Crippen molar-refractivity contribution < 1.29 is 27.6 Å². The molecule has 1 saturated heterocycles. The topological polar surface area (TPSA) is 91.7 Å². The number of thioether (sulfide) groups is 1. The number of para-hydroxylation sites is 1. The van der Waals surface area contributed by atoms with Crippen LogP contribution in [0.2, 0.25) is 0 Å². The largest absolute Gasteiger partial charge is 0.418 e. The Morgan fingerprint density at radius 2 is 1.57 bits per heavy atom. The average molecular weight is 681 g/mol. The first-order valence-corrected chi connectivity index (χ1v) is 16.8. The molecule has 0 radical (unpaired) electrons. The second-order valence-corrected chi connectivity index (χ2v) is 13.5. The van der Waals surface area contributed by atoms with Crippen LogP contribution in [0, 0.1) is 12.8 Å². The number of thiazole rings is 1. The lowest BCUT2D eigenvalue weighted by molar-refractivity contribution is -0.137. The lowest BCUT2D eigenvalue weighted by Gasteiger charge is -2.31. The van der Waals surface area contributed by atoms with Crippen molar-refractivity contribution in [3.63, 3.8) is 0 Å². The van der Waals surface area contributed by atoms with Gasteiger partial charge in [0.1, 0.15) is 11.8 Å². The lowest BCUT2D eigenvalue weighted by Crippen LogP contribution is -2.33. The molecule has 47 heavy (non-hydrogen) atoms. The van der Waals surface area contributed by atoms with E-state index in [2.05, 4.69) is 10.2 Å². The zero-order valence-corrected chi connectivity index (χ0v) is 27.3. The van der Waals surface area contributed by atoms with Gasteiger partial charge in [-0.3, -0.25) is 23.7 Å². The fourth-order valence-electron chi connectivity index (χ4n) is 6.22. The van der Waals surface area contributed by atoms with Gasteiger partial charge in [0.2, 0.25) is 17.7 Å². The van der Waals surface area contributed by atoms with E-state index in [-0.39, 0.29) is 5.91 Å². The molecule has 1 aromatic heterocycles. The van der Waals surface area contributed by atoms with Crippen molar-refractivity contribution in [1.29, 1.82) is 0 Å². The van der Waals surface area contributed by atoms with Crippen LogP contribution in [-0.4, -0.2) is 40.6 Å². The number of anilines is 3. The number of aryl methyl sites for hydroxylation is 1. The molecule has 3 amide bonds. The summed E-state index contributed by atoms with van der Waals surface area (Å²) >= 11 is 1.93. The van der Waals surface area contributed by atoms with Crippen molar-refractivity contribution in [2.45, 2.75) is 49.7 Å². The molecule has 2 aliphatic heterocycles. The van der Waals surface area contributed by atoms with Gasteiger partial charge in [-0.05, 0) is 62.7 Å². The van der Waals surface area contributed by atoms with Crippen molar-refractivity contribution in [3.8, 4) is 0 Å². The van der Waals surface area contributed by atoms with Crippen LogP contribution in [0.3, 0.4) is 0 Å². The minimum Gasteiger partial charge on any atom is -0.372 e. The van der Waals surface area contributed by atoms with E-state index in [0.29, 0.717) is 15.6 Å². The van der Waals surface area contributed by atoms with E-state index in [1.807, 2.05) is 57.2 Å². The number of benzene rings is 3. The van der Waals surface area contributed by atoms with Gasteiger partial charge >= 0.3 is 11.0 Å². The summed E-state index contributed by atoms with van der Waals surface area (Å²) in [5.41, 5.74) is 1.70. The highest BCUT2D eigenvalue weighted by molar-refractivity contribution is 8.00. The second-order valence-electron chi connectivity index (χ2n) is 11.4. The van der Waals surface area contributed by atoms with Gasteiger partial charge in [-0.2, -0.15) is 13.2 Å². The van der Waals surface area contributed by atoms with Crippen LogP contribution in [0.15, 0.2) is 82.6 Å². The van der Waals surface area contributed by atoms with Crippen molar-refractivity contribution >= 4 is 57.9 Å². The van der Waals surface area contributed by atoms with E-state index in [9.17, 15) is 32.3 Å². The maximum absolute atomic E-state index is 14.1. The number of hydrogen-bond acceptors (Lipinski definition) is 7.